The van der Waals surface area contributed by atoms with Crippen LogP contribution in [0, 0.1) is 17.1 Å². The molecule has 2 rings (SSSR count). The summed E-state index contributed by atoms with van der Waals surface area (Å²) in [5, 5.41) is 20.2. The van der Waals surface area contributed by atoms with E-state index in [1.165, 1.54) is 12.1 Å². The van der Waals surface area contributed by atoms with Crippen LogP contribution in [0.3, 0.4) is 0 Å². The molecule has 0 heterocycles. The number of anilines is 2. The summed E-state index contributed by atoms with van der Waals surface area (Å²) >= 11 is 0. The molecule has 2 aromatic carbocycles. The topological polar surface area (TPSA) is 73.1 Å². The first kappa shape index (κ1) is 12.6. The molecule has 94 valence electrons. The van der Waals surface area contributed by atoms with Gasteiger partial charge in [0.1, 0.15) is 5.82 Å². The third-order valence-corrected chi connectivity index (χ3v) is 2.51. The number of hydrogen-bond donors (Lipinski definition) is 2. The van der Waals surface area contributed by atoms with Gasteiger partial charge in [-0.05, 0) is 42.5 Å². The van der Waals surface area contributed by atoms with Gasteiger partial charge in [0.05, 0.1) is 22.9 Å². The lowest BCUT2D eigenvalue weighted by atomic mass is 10.2. The van der Waals surface area contributed by atoms with E-state index in [1.807, 2.05) is 6.07 Å². The van der Waals surface area contributed by atoms with E-state index < -0.39 is 11.8 Å². The zero-order valence-corrected chi connectivity index (χ0v) is 9.72. The van der Waals surface area contributed by atoms with Crippen LogP contribution >= 0.6 is 0 Å². The summed E-state index contributed by atoms with van der Waals surface area (Å²) in [6.07, 6.45) is 0. The zero-order valence-electron chi connectivity index (χ0n) is 9.72. The maximum Gasteiger partial charge on any atom is 0.335 e. The second-order valence-electron chi connectivity index (χ2n) is 3.81. The highest BCUT2D eigenvalue weighted by Gasteiger charge is 2.08. The molecule has 0 radical (unpaired) electrons. The molecule has 0 bridgehead atoms. The summed E-state index contributed by atoms with van der Waals surface area (Å²) in [6, 6.07) is 12.1. The van der Waals surface area contributed by atoms with Gasteiger partial charge >= 0.3 is 5.97 Å². The van der Waals surface area contributed by atoms with Crippen LogP contribution in [-0.2, 0) is 0 Å². The van der Waals surface area contributed by atoms with Gasteiger partial charge in [0, 0.05) is 5.69 Å². The predicted octanol–water partition coefficient (Wildman–Crippen LogP) is 3.14. The maximum atomic E-state index is 13.7. The van der Waals surface area contributed by atoms with E-state index in [1.54, 1.807) is 24.3 Å². The largest absolute Gasteiger partial charge is 0.478 e. The Balaban J connectivity index is 2.23. The average molecular weight is 256 g/mol. The molecule has 0 aliphatic heterocycles. The summed E-state index contributed by atoms with van der Waals surface area (Å²) in [5.41, 5.74) is 1.19. The first-order chi connectivity index (χ1) is 9.10. The molecular weight excluding hydrogens is 247 g/mol. The molecule has 0 spiro atoms. The first-order valence-electron chi connectivity index (χ1n) is 5.40. The monoisotopic (exact) mass is 256 g/mol. The third-order valence-electron chi connectivity index (χ3n) is 2.51. The maximum absolute atomic E-state index is 13.7. The number of rotatable bonds is 3. The minimum atomic E-state index is -1.18. The van der Waals surface area contributed by atoms with E-state index in [9.17, 15) is 9.18 Å². The molecule has 4 nitrogen and oxygen atoms in total. The van der Waals surface area contributed by atoms with Gasteiger partial charge in [-0.3, -0.25) is 0 Å². The predicted molar refractivity (Wildman–Crippen MR) is 67.8 cm³/mol. The summed E-state index contributed by atoms with van der Waals surface area (Å²) in [6.45, 7) is 0. The number of carboxylic acid groups (broad SMARTS) is 1. The second kappa shape index (κ2) is 5.19. The van der Waals surface area contributed by atoms with E-state index >= 15 is 0 Å². The SMILES string of the molecule is N#Cc1ccc(Nc2ccc(C(=O)O)cc2F)cc1. The molecule has 19 heavy (non-hydrogen) atoms. The molecule has 0 saturated carbocycles. The fraction of sp³-hybridized carbons (Fsp3) is 0. The van der Waals surface area contributed by atoms with Crippen molar-refractivity contribution < 1.29 is 14.3 Å². The lowest BCUT2D eigenvalue weighted by Gasteiger charge is -2.08. The van der Waals surface area contributed by atoms with Crippen molar-refractivity contribution in [3.8, 4) is 6.07 Å². The van der Waals surface area contributed by atoms with Crippen molar-refractivity contribution in [3.05, 3.63) is 59.4 Å². The molecule has 0 aromatic heterocycles. The van der Waals surface area contributed by atoms with Crippen molar-refractivity contribution in [2.24, 2.45) is 0 Å². The van der Waals surface area contributed by atoms with Gasteiger partial charge in [-0.15, -0.1) is 0 Å². The zero-order chi connectivity index (χ0) is 13.8. The molecule has 0 unspecified atom stereocenters. The van der Waals surface area contributed by atoms with Gasteiger partial charge in [0.15, 0.2) is 0 Å². The highest BCUT2D eigenvalue weighted by Crippen LogP contribution is 2.21. The quantitative estimate of drug-likeness (QED) is 0.884. The van der Waals surface area contributed by atoms with Crippen molar-refractivity contribution in [2.75, 3.05) is 5.32 Å². The number of nitrogens with one attached hydrogen (secondary N) is 1. The Hall–Kier alpha value is -2.87. The Morgan fingerprint density at radius 1 is 1.21 bits per heavy atom. The van der Waals surface area contributed by atoms with Gasteiger partial charge in [-0.1, -0.05) is 0 Å². The number of carbonyl (C=O) groups is 1. The summed E-state index contributed by atoms with van der Waals surface area (Å²) < 4.78 is 13.7. The number of nitriles is 1. The van der Waals surface area contributed by atoms with Crippen LogP contribution in [-0.4, -0.2) is 11.1 Å². The van der Waals surface area contributed by atoms with E-state index in [0.717, 1.165) is 6.07 Å². The lowest BCUT2D eigenvalue weighted by molar-refractivity contribution is 0.0696. The van der Waals surface area contributed by atoms with Crippen molar-refractivity contribution >= 4 is 17.3 Å². The van der Waals surface area contributed by atoms with E-state index in [4.69, 9.17) is 10.4 Å². The smallest absolute Gasteiger partial charge is 0.335 e. The summed E-state index contributed by atoms with van der Waals surface area (Å²) in [5.74, 6) is -1.83. The molecule has 0 aliphatic carbocycles. The molecule has 2 N–H and O–H groups in total. The normalized spacial score (nSPS) is 9.68. The fourth-order valence-electron chi connectivity index (χ4n) is 1.53. The van der Waals surface area contributed by atoms with Crippen LogP contribution in [0.2, 0.25) is 0 Å². The summed E-state index contributed by atoms with van der Waals surface area (Å²) in [7, 11) is 0. The Bertz CT molecular complexity index is 660. The number of carboxylic acids is 1. The van der Waals surface area contributed by atoms with Crippen LogP contribution in [0.25, 0.3) is 0 Å². The van der Waals surface area contributed by atoms with Crippen LogP contribution in [0.1, 0.15) is 15.9 Å². The molecule has 0 fully saturated rings. The number of benzene rings is 2. The molecule has 5 heteroatoms. The van der Waals surface area contributed by atoms with Gasteiger partial charge < -0.3 is 10.4 Å². The van der Waals surface area contributed by atoms with E-state index in [2.05, 4.69) is 5.32 Å². The number of halogens is 1. The molecule has 2 aromatic rings. The van der Waals surface area contributed by atoms with Gasteiger partial charge in [0.25, 0.3) is 0 Å². The molecule has 0 aliphatic rings. The molecule has 0 amide bonds. The van der Waals surface area contributed by atoms with Crippen molar-refractivity contribution in [2.45, 2.75) is 0 Å². The Morgan fingerprint density at radius 2 is 1.89 bits per heavy atom. The Labute approximate surface area is 108 Å². The highest BCUT2D eigenvalue weighted by atomic mass is 19.1. The molecule has 0 atom stereocenters. The van der Waals surface area contributed by atoms with Crippen molar-refractivity contribution in [3.63, 3.8) is 0 Å². The fourth-order valence-corrected chi connectivity index (χ4v) is 1.53. The third kappa shape index (κ3) is 2.87. The minimum Gasteiger partial charge on any atom is -0.478 e. The van der Waals surface area contributed by atoms with Gasteiger partial charge in [-0.25, -0.2) is 9.18 Å². The van der Waals surface area contributed by atoms with Gasteiger partial charge in [0.2, 0.25) is 0 Å². The molecular formula is C14H9FN2O2. The number of aromatic carboxylic acids is 1. The summed E-state index contributed by atoms with van der Waals surface area (Å²) in [4.78, 5) is 10.7. The van der Waals surface area contributed by atoms with Gasteiger partial charge in [-0.2, -0.15) is 5.26 Å². The minimum absolute atomic E-state index is 0.108. The average Bonchev–Trinajstić information content (AvgIpc) is 2.41. The van der Waals surface area contributed by atoms with Crippen LogP contribution in [0.4, 0.5) is 15.8 Å². The van der Waals surface area contributed by atoms with E-state index in [0.29, 0.717) is 11.3 Å². The van der Waals surface area contributed by atoms with Crippen molar-refractivity contribution in [1.82, 2.24) is 0 Å². The van der Waals surface area contributed by atoms with Crippen LogP contribution < -0.4 is 5.32 Å². The van der Waals surface area contributed by atoms with Crippen LogP contribution in [0.15, 0.2) is 42.5 Å². The second-order valence-corrected chi connectivity index (χ2v) is 3.81. The lowest BCUT2D eigenvalue weighted by Crippen LogP contribution is -1.99. The number of nitrogens with zero attached hydrogens (tertiary/aromatic N) is 1. The Morgan fingerprint density at radius 3 is 2.42 bits per heavy atom. The number of hydrogen-bond acceptors (Lipinski definition) is 3. The highest BCUT2D eigenvalue weighted by molar-refractivity contribution is 5.88. The molecule has 0 saturated heterocycles. The first-order valence-corrected chi connectivity index (χ1v) is 5.40. The van der Waals surface area contributed by atoms with Crippen LogP contribution in [0.5, 0.6) is 0 Å². The standard InChI is InChI=1S/C14H9FN2O2/c15-12-7-10(14(18)19)3-6-13(12)17-11-4-1-9(8-16)2-5-11/h1-7,17H,(H,18,19). The van der Waals surface area contributed by atoms with Crippen molar-refractivity contribution in [1.29, 1.82) is 5.26 Å². The Kier molecular flexibility index (Phi) is 3.44. The van der Waals surface area contributed by atoms with E-state index in [-0.39, 0.29) is 11.3 Å².